The second kappa shape index (κ2) is 7.38. The Kier molecular flexibility index (Phi) is 5.78. The first-order chi connectivity index (χ1) is 8.63. The number of urea groups is 1. The highest BCUT2D eigenvalue weighted by molar-refractivity contribution is 5.80. The predicted molar refractivity (Wildman–Crippen MR) is 68.0 cm³/mol. The van der Waals surface area contributed by atoms with Gasteiger partial charge < -0.3 is 15.3 Å². The third-order valence-electron chi connectivity index (χ3n) is 2.75. The van der Waals surface area contributed by atoms with E-state index >= 15 is 0 Å². The molecular formula is C13H18N2O3. The Morgan fingerprint density at radius 3 is 2.89 bits per heavy atom. The van der Waals surface area contributed by atoms with Gasteiger partial charge in [-0.15, -0.1) is 6.42 Å². The molecule has 0 aliphatic heterocycles. The minimum absolute atomic E-state index is 0.000823. The number of carboxylic acid groups (broad SMARTS) is 1. The number of aliphatic carboxylic acids is 1. The first-order valence-corrected chi connectivity index (χ1v) is 5.99. The lowest BCUT2D eigenvalue weighted by molar-refractivity contribution is -0.137. The molecule has 0 spiro atoms. The van der Waals surface area contributed by atoms with Crippen molar-refractivity contribution in [1.29, 1.82) is 0 Å². The summed E-state index contributed by atoms with van der Waals surface area (Å²) in [6.07, 6.45) is 11.5. The fourth-order valence-electron chi connectivity index (χ4n) is 1.88. The fraction of sp³-hybridized carbons (Fsp3) is 0.538. The molecule has 1 aliphatic carbocycles. The quantitative estimate of drug-likeness (QED) is 0.550. The van der Waals surface area contributed by atoms with Crippen LogP contribution in [0.25, 0.3) is 0 Å². The van der Waals surface area contributed by atoms with E-state index in [2.05, 4.69) is 17.3 Å². The first-order valence-electron chi connectivity index (χ1n) is 5.99. The molecule has 2 N–H and O–H groups in total. The van der Waals surface area contributed by atoms with Gasteiger partial charge in [-0.25, -0.2) is 4.79 Å². The highest BCUT2D eigenvalue weighted by Crippen LogP contribution is 2.19. The number of allylic oxidation sites excluding steroid dienone is 1. The van der Waals surface area contributed by atoms with E-state index in [1.807, 2.05) is 0 Å². The van der Waals surface area contributed by atoms with Crippen LogP contribution < -0.4 is 5.32 Å². The second-order valence-electron chi connectivity index (χ2n) is 4.19. The molecule has 98 valence electrons. The largest absolute Gasteiger partial charge is 0.480 e. The Balaban J connectivity index is 2.31. The summed E-state index contributed by atoms with van der Waals surface area (Å²) in [4.78, 5) is 23.4. The zero-order chi connectivity index (χ0) is 13.4. The maximum Gasteiger partial charge on any atom is 0.323 e. The summed E-state index contributed by atoms with van der Waals surface area (Å²) in [5.41, 5.74) is 1.36. The molecule has 0 aromatic carbocycles. The van der Waals surface area contributed by atoms with E-state index in [4.69, 9.17) is 11.5 Å². The minimum Gasteiger partial charge on any atom is -0.480 e. The van der Waals surface area contributed by atoms with Gasteiger partial charge >= 0.3 is 12.0 Å². The van der Waals surface area contributed by atoms with Gasteiger partial charge in [0, 0.05) is 6.54 Å². The minimum atomic E-state index is -1.07. The lowest BCUT2D eigenvalue weighted by atomic mass is 10.2. The van der Waals surface area contributed by atoms with E-state index < -0.39 is 12.0 Å². The standard InChI is InChI=1S/C13H18N2O3/c1-2-9-15(10-12(16)17)13(18)14-8-7-11-5-3-4-6-11/h1,5H,3-4,6-10H2,(H,14,18)(H,16,17). The first kappa shape index (κ1) is 14.1. The van der Waals surface area contributed by atoms with Gasteiger partial charge in [-0.3, -0.25) is 4.79 Å². The van der Waals surface area contributed by atoms with Crippen LogP contribution in [0.4, 0.5) is 4.79 Å². The van der Waals surface area contributed by atoms with Crippen LogP contribution >= 0.6 is 0 Å². The molecule has 0 atom stereocenters. The maximum absolute atomic E-state index is 11.7. The van der Waals surface area contributed by atoms with Gasteiger partial charge in [-0.05, 0) is 25.7 Å². The van der Waals surface area contributed by atoms with Gasteiger partial charge in [-0.1, -0.05) is 17.6 Å². The van der Waals surface area contributed by atoms with E-state index in [-0.39, 0.29) is 13.1 Å². The lowest BCUT2D eigenvalue weighted by Gasteiger charge is -2.18. The number of rotatable bonds is 6. The topological polar surface area (TPSA) is 69.6 Å². The normalized spacial score (nSPS) is 13.6. The van der Waals surface area contributed by atoms with Crippen LogP contribution in [-0.2, 0) is 4.79 Å². The molecule has 5 nitrogen and oxygen atoms in total. The summed E-state index contributed by atoms with van der Waals surface area (Å²) in [7, 11) is 0. The number of carbonyl (C=O) groups excluding carboxylic acids is 1. The maximum atomic E-state index is 11.7. The van der Waals surface area contributed by atoms with E-state index in [1.54, 1.807) is 0 Å². The number of terminal acetylenes is 1. The van der Waals surface area contributed by atoms with Crippen LogP contribution in [0.5, 0.6) is 0 Å². The van der Waals surface area contributed by atoms with Crippen molar-refractivity contribution in [3.8, 4) is 12.3 Å². The average Bonchev–Trinajstić information content (AvgIpc) is 2.81. The van der Waals surface area contributed by atoms with Gasteiger partial charge in [0.25, 0.3) is 0 Å². The van der Waals surface area contributed by atoms with Crippen molar-refractivity contribution in [2.45, 2.75) is 25.7 Å². The summed E-state index contributed by atoms with van der Waals surface area (Å²) in [5.74, 6) is 1.21. The van der Waals surface area contributed by atoms with Crippen molar-refractivity contribution in [3.05, 3.63) is 11.6 Å². The Bertz CT molecular complexity index is 382. The van der Waals surface area contributed by atoms with Crippen LogP contribution in [0, 0.1) is 12.3 Å². The molecule has 0 bridgehead atoms. The van der Waals surface area contributed by atoms with Gasteiger partial charge in [0.15, 0.2) is 0 Å². The number of nitrogens with one attached hydrogen (secondary N) is 1. The molecule has 1 aliphatic rings. The number of carbonyl (C=O) groups is 2. The van der Waals surface area contributed by atoms with Crippen molar-refractivity contribution in [2.24, 2.45) is 0 Å². The van der Waals surface area contributed by atoms with Crippen molar-refractivity contribution in [2.75, 3.05) is 19.6 Å². The monoisotopic (exact) mass is 250 g/mol. The Labute approximate surface area is 107 Å². The van der Waals surface area contributed by atoms with Gasteiger partial charge in [0.2, 0.25) is 0 Å². The van der Waals surface area contributed by atoms with E-state index in [0.29, 0.717) is 6.54 Å². The van der Waals surface area contributed by atoms with E-state index in [0.717, 1.165) is 24.2 Å². The van der Waals surface area contributed by atoms with Crippen LogP contribution in [0.3, 0.4) is 0 Å². The fourth-order valence-corrected chi connectivity index (χ4v) is 1.88. The number of nitrogens with zero attached hydrogens (tertiary/aromatic N) is 1. The lowest BCUT2D eigenvalue weighted by Crippen LogP contribution is -2.43. The summed E-state index contributed by atoms with van der Waals surface area (Å²) in [6.45, 7) is 0.144. The Morgan fingerprint density at radius 1 is 1.56 bits per heavy atom. The number of carboxylic acids is 1. The molecule has 0 fully saturated rings. The molecule has 0 saturated carbocycles. The molecule has 0 unspecified atom stereocenters. The number of amides is 2. The Hall–Kier alpha value is -1.96. The van der Waals surface area contributed by atoms with Gasteiger partial charge in [-0.2, -0.15) is 0 Å². The second-order valence-corrected chi connectivity index (χ2v) is 4.19. The SMILES string of the molecule is C#CCN(CC(=O)O)C(=O)NCCC1=CCCC1. The molecule has 0 radical (unpaired) electrons. The van der Waals surface area contributed by atoms with Crippen molar-refractivity contribution >= 4 is 12.0 Å². The molecule has 18 heavy (non-hydrogen) atoms. The molecular weight excluding hydrogens is 232 g/mol. The van der Waals surface area contributed by atoms with Crippen LogP contribution in [0.15, 0.2) is 11.6 Å². The molecule has 0 heterocycles. The molecule has 0 aromatic rings. The number of hydrogen-bond donors (Lipinski definition) is 2. The molecule has 0 aromatic heterocycles. The smallest absolute Gasteiger partial charge is 0.323 e. The van der Waals surface area contributed by atoms with Crippen molar-refractivity contribution < 1.29 is 14.7 Å². The predicted octanol–water partition coefficient (Wildman–Crippen LogP) is 1.22. The van der Waals surface area contributed by atoms with E-state index in [9.17, 15) is 9.59 Å². The zero-order valence-corrected chi connectivity index (χ0v) is 10.3. The molecule has 1 rings (SSSR count). The highest BCUT2D eigenvalue weighted by atomic mass is 16.4. The van der Waals surface area contributed by atoms with Gasteiger partial charge in [0.1, 0.15) is 6.54 Å². The summed E-state index contributed by atoms with van der Waals surface area (Å²) in [6, 6.07) is -0.422. The third-order valence-corrected chi connectivity index (χ3v) is 2.75. The molecule has 5 heteroatoms. The zero-order valence-electron chi connectivity index (χ0n) is 10.3. The summed E-state index contributed by atoms with van der Waals surface area (Å²) in [5, 5.41) is 11.3. The Morgan fingerprint density at radius 2 is 2.33 bits per heavy atom. The summed E-state index contributed by atoms with van der Waals surface area (Å²) >= 11 is 0. The molecule has 2 amide bonds. The number of hydrogen-bond acceptors (Lipinski definition) is 2. The van der Waals surface area contributed by atoms with Crippen LogP contribution in [0.1, 0.15) is 25.7 Å². The van der Waals surface area contributed by atoms with Crippen LogP contribution in [-0.4, -0.2) is 41.6 Å². The van der Waals surface area contributed by atoms with Crippen LogP contribution in [0.2, 0.25) is 0 Å². The van der Waals surface area contributed by atoms with Crippen molar-refractivity contribution in [1.82, 2.24) is 10.2 Å². The summed E-state index contributed by atoms with van der Waals surface area (Å²) < 4.78 is 0. The van der Waals surface area contributed by atoms with Gasteiger partial charge in [0.05, 0.1) is 6.54 Å². The highest BCUT2D eigenvalue weighted by Gasteiger charge is 2.15. The van der Waals surface area contributed by atoms with Crippen molar-refractivity contribution in [3.63, 3.8) is 0 Å². The third kappa shape index (κ3) is 4.91. The van der Waals surface area contributed by atoms with E-state index in [1.165, 1.54) is 12.0 Å². The average molecular weight is 250 g/mol. The molecule has 0 saturated heterocycles.